The number of hydrogen-bond acceptors (Lipinski definition) is 5. The van der Waals surface area contributed by atoms with Crippen LogP contribution in [0.5, 0.6) is 5.75 Å². The van der Waals surface area contributed by atoms with E-state index in [2.05, 4.69) is 10.3 Å². The zero-order chi connectivity index (χ0) is 21.3. The number of benzene rings is 2. The van der Waals surface area contributed by atoms with Crippen LogP contribution < -0.4 is 10.1 Å². The van der Waals surface area contributed by atoms with E-state index in [9.17, 15) is 10.1 Å². The number of para-hydroxylation sites is 1. The third-order valence-corrected chi connectivity index (χ3v) is 5.23. The monoisotopic (exact) mass is 437 g/mol. The topological polar surface area (TPSA) is 75.0 Å². The quantitative estimate of drug-likeness (QED) is 0.361. The first kappa shape index (κ1) is 21.6. The molecule has 3 aromatic rings. The van der Waals surface area contributed by atoms with Crippen LogP contribution in [0.15, 0.2) is 60.3 Å². The van der Waals surface area contributed by atoms with Crippen molar-refractivity contribution in [2.24, 2.45) is 0 Å². The number of thiazole rings is 1. The van der Waals surface area contributed by atoms with Gasteiger partial charge in [0.25, 0.3) is 5.91 Å². The van der Waals surface area contributed by atoms with Gasteiger partial charge >= 0.3 is 0 Å². The summed E-state index contributed by atoms with van der Waals surface area (Å²) in [6.07, 6.45) is 4.77. The van der Waals surface area contributed by atoms with E-state index in [1.54, 1.807) is 6.20 Å². The third kappa shape index (κ3) is 5.93. The van der Waals surface area contributed by atoms with E-state index in [0.717, 1.165) is 16.9 Å². The molecule has 0 bridgehead atoms. The van der Waals surface area contributed by atoms with Crippen LogP contribution in [-0.4, -0.2) is 17.5 Å². The highest BCUT2D eigenvalue weighted by Crippen LogP contribution is 2.24. The highest BCUT2D eigenvalue weighted by molar-refractivity contribution is 7.15. The predicted molar refractivity (Wildman–Crippen MR) is 121 cm³/mol. The molecule has 1 aromatic heterocycles. The molecule has 0 saturated heterocycles. The molecule has 2 aromatic carbocycles. The summed E-state index contributed by atoms with van der Waals surface area (Å²) >= 11 is 7.39. The van der Waals surface area contributed by atoms with Crippen molar-refractivity contribution in [3.05, 3.63) is 81.3 Å². The number of nitrogens with zero attached hydrogens (tertiary/aromatic N) is 2. The van der Waals surface area contributed by atoms with Crippen molar-refractivity contribution < 1.29 is 9.53 Å². The van der Waals surface area contributed by atoms with Crippen molar-refractivity contribution in [1.29, 1.82) is 5.26 Å². The van der Waals surface area contributed by atoms with Crippen LogP contribution in [0.2, 0.25) is 5.02 Å². The van der Waals surface area contributed by atoms with Crippen molar-refractivity contribution in [1.82, 2.24) is 4.98 Å². The van der Waals surface area contributed by atoms with E-state index in [1.807, 2.05) is 61.5 Å². The molecule has 0 spiro atoms. The number of amides is 1. The fraction of sp³-hybridized carbons (Fsp3) is 0.174. The number of ether oxygens (including phenoxy) is 1. The van der Waals surface area contributed by atoms with Crippen molar-refractivity contribution >= 4 is 40.1 Å². The summed E-state index contributed by atoms with van der Waals surface area (Å²) in [6.45, 7) is 2.58. The maximum Gasteiger partial charge on any atom is 0.268 e. The summed E-state index contributed by atoms with van der Waals surface area (Å²) < 4.78 is 5.69. The lowest BCUT2D eigenvalue weighted by Crippen LogP contribution is -2.13. The van der Waals surface area contributed by atoms with Gasteiger partial charge in [-0.25, -0.2) is 4.98 Å². The Bertz CT molecular complexity index is 1100. The van der Waals surface area contributed by atoms with Crippen LogP contribution in [0.4, 0.5) is 5.13 Å². The van der Waals surface area contributed by atoms with Crippen molar-refractivity contribution in [3.8, 4) is 11.8 Å². The van der Waals surface area contributed by atoms with Crippen molar-refractivity contribution in [2.75, 3.05) is 11.9 Å². The Balaban J connectivity index is 1.71. The third-order valence-electron chi connectivity index (χ3n) is 4.09. The number of carbonyl (C=O) groups excluding carboxylic acids is 1. The lowest BCUT2D eigenvalue weighted by atomic mass is 10.1. The molecule has 1 amide bonds. The van der Waals surface area contributed by atoms with Crippen molar-refractivity contribution in [2.45, 2.75) is 19.8 Å². The van der Waals surface area contributed by atoms with Gasteiger partial charge in [0.05, 0.1) is 6.61 Å². The van der Waals surface area contributed by atoms with Gasteiger partial charge in [-0.05, 0) is 36.3 Å². The predicted octanol–water partition coefficient (Wildman–Crippen LogP) is 5.72. The second-order valence-electron chi connectivity index (χ2n) is 6.45. The molecule has 152 valence electrons. The molecule has 1 heterocycles. The summed E-state index contributed by atoms with van der Waals surface area (Å²) in [5, 5.41) is 13.3. The zero-order valence-corrected chi connectivity index (χ0v) is 18.0. The van der Waals surface area contributed by atoms with Gasteiger partial charge in [0.1, 0.15) is 17.4 Å². The number of rotatable bonds is 8. The Labute approximate surface area is 184 Å². The smallest absolute Gasteiger partial charge is 0.268 e. The van der Waals surface area contributed by atoms with Crippen LogP contribution >= 0.6 is 22.9 Å². The summed E-state index contributed by atoms with van der Waals surface area (Å²) in [5.74, 6) is 0.129. The molecule has 30 heavy (non-hydrogen) atoms. The molecule has 0 aliphatic heterocycles. The van der Waals surface area contributed by atoms with E-state index in [-0.39, 0.29) is 5.57 Å². The molecule has 1 N–H and O–H groups in total. The van der Waals surface area contributed by atoms with Crippen LogP contribution in [0.1, 0.15) is 29.3 Å². The first-order chi connectivity index (χ1) is 14.6. The minimum absolute atomic E-state index is 0.0193. The fourth-order valence-corrected chi connectivity index (χ4v) is 3.76. The largest absolute Gasteiger partial charge is 0.493 e. The average molecular weight is 438 g/mol. The summed E-state index contributed by atoms with van der Waals surface area (Å²) in [7, 11) is 0. The molecule has 0 aliphatic carbocycles. The zero-order valence-electron chi connectivity index (χ0n) is 16.4. The molecule has 0 saturated carbocycles. The van der Waals surface area contributed by atoms with Gasteiger partial charge in [-0.15, -0.1) is 11.3 Å². The fourth-order valence-electron chi connectivity index (χ4n) is 2.71. The van der Waals surface area contributed by atoms with Gasteiger partial charge < -0.3 is 4.74 Å². The Hall–Kier alpha value is -3.14. The van der Waals surface area contributed by atoms with Gasteiger partial charge in [0.2, 0.25) is 0 Å². The molecule has 7 heteroatoms. The molecule has 0 aliphatic rings. The number of carbonyl (C=O) groups is 1. The number of hydrogen-bond donors (Lipinski definition) is 1. The van der Waals surface area contributed by atoms with E-state index in [0.29, 0.717) is 34.5 Å². The molecule has 5 nitrogen and oxygen atoms in total. The number of aromatic nitrogens is 1. The summed E-state index contributed by atoms with van der Waals surface area (Å²) in [4.78, 5) is 17.8. The lowest BCUT2D eigenvalue weighted by molar-refractivity contribution is -0.112. The van der Waals surface area contributed by atoms with Gasteiger partial charge in [0, 0.05) is 28.1 Å². The van der Waals surface area contributed by atoms with Crippen LogP contribution in [0.3, 0.4) is 0 Å². The number of nitrogens with one attached hydrogen (secondary N) is 1. The molecule has 0 atom stereocenters. The molecule has 0 unspecified atom stereocenters. The first-order valence-corrected chi connectivity index (χ1v) is 10.6. The van der Waals surface area contributed by atoms with E-state index in [1.165, 1.54) is 17.4 Å². The molecule has 0 radical (unpaired) electrons. The second kappa shape index (κ2) is 10.6. The SMILES string of the molecule is CCCOc1ccccc1C=C(C#N)C(=O)Nc1ncc(Cc2cccc(Cl)c2)s1. The minimum atomic E-state index is -0.508. The summed E-state index contributed by atoms with van der Waals surface area (Å²) in [6, 6.07) is 16.9. The standard InChI is InChI=1S/C23H20ClN3O2S/c1-2-10-29-21-9-4-3-7-17(21)13-18(14-25)22(28)27-23-26-15-20(30-23)12-16-6-5-8-19(24)11-16/h3-9,11,13,15H,2,10,12H2,1H3,(H,26,27,28). The maximum atomic E-state index is 12.6. The minimum Gasteiger partial charge on any atom is -0.493 e. The van der Waals surface area contributed by atoms with Crippen LogP contribution in [0.25, 0.3) is 6.08 Å². The highest BCUT2D eigenvalue weighted by atomic mass is 35.5. The number of anilines is 1. The van der Waals surface area contributed by atoms with Crippen LogP contribution in [0, 0.1) is 11.3 Å². The Kier molecular flexibility index (Phi) is 7.61. The van der Waals surface area contributed by atoms with Crippen LogP contribution in [-0.2, 0) is 11.2 Å². The van der Waals surface area contributed by atoms with E-state index < -0.39 is 5.91 Å². The number of nitriles is 1. The van der Waals surface area contributed by atoms with E-state index in [4.69, 9.17) is 16.3 Å². The lowest BCUT2D eigenvalue weighted by Gasteiger charge is -2.08. The molecule has 3 rings (SSSR count). The van der Waals surface area contributed by atoms with Crippen molar-refractivity contribution in [3.63, 3.8) is 0 Å². The van der Waals surface area contributed by atoms with Gasteiger partial charge in [-0.3, -0.25) is 10.1 Å². The van der Waals surface area contributed by atoms with E-state index >= 15 is 0 Å². The molecular weight excluding hydrogens is 418 g/mol. The Morgan fingerprint density at radius 1 is 1.30 bits per heavy atom. The summed E-state index contributed by atoms with van der Waals surface area (Å²) in [5.41, 5.74) is 1.72. The normalized spacial score (nSPS) is 11.0. The van der Waals surface area contributed by atoms with Gasteiger partial charge in [-0.1, -0.05) is 48.9 Å². The maximum absolute atomic E-state index is 12.6. The second-order valence-corrected chi connectivity index (χ2v) is 8.00. The molecular formula is C23H20ClN3O2S. The Morgan fingerprint density at radius 3 is 2.90 bits per heavy atom. The Morgan fingerprint density at radius 2 is 2.13 bits per heavy atom. The number of halogens is 1. The average Bonchev–Trinajstić information content (AvgIpc) is 3.17. The van der Waals surface area contributed by atoms with Gasteiger partial charge in [0.15, 0.2) is 5.13 Å². The first-order valence-electron chi connectivity index (χ1n) is 9.43. The highest BCUT2D eigenvalue weighted by Gasteiger charge is 2.13. The molecule has 0 fully saturated rings. The van der Waals surface area contributed by atoms with Gasteiger partial charge in [-0.2, -0.15) is 5.26 Å².